The van der Waals surface area contributed by atoms with Gasteiger partial charge in [0.15, 0.2) is 6.61 Å². The van der Waals surface area contributed by atoms with Gasteiger partial charge < -0.3 is 19.7 Å². The lowest BCUT2D eigenvalue weighted by Crippen LogP contribution is -2.50. The monoisotopic (exact) mass is 516 g/mol. The predicted octanol–water partition coefficient (Wildman–Crippen LogP) is 4.93. The molecule has 0 spiro atoms. The van der Waals surface area contributed by atoms with Crippen molar-refractivity contribution in [3.8, 4) is 11.5 Å². The highest BCUT2D eigenvalue weighted by Gasteiger charge is 2.28. The summed E-state index contributed by atoms with van der Waals surface area (Å²) >= 11 is 3.55. The van der Waals surface area contributed by atoms with Crippen molar-refractivity contribution in [1.82, 2.24) is 10.2 Å². The van der Waals surface area contributed by atoms with E-state index in [1.54, 1.807) is 18.9 Å². The molecule has 1 aliphatic carbocycles. The van der Waals surface area contributed by atoms with Crippen molar-refractivity contribution in [3.05, 3.63) is 57.6 Å². The summed E-state index contributed by atoms with van der Waals surface area (Å²) in [5.74, 6) is 1.01. The second kappa shape index (κ2) is 11.5. The number of aryl methyl sites for hydroxylation is 2. The van der Waals surface area contributed by atoms with Crippen LogP contribution in [0.15, 0.2) is 40.9 Å². The molecule has 3 rings (SSSR count). The lowest BCUT2D eigenvalue weighted by Gasteiger charge is -2.29. The maximum atomic E-state index is 13.3. The van der Waals surface area contributed by atoms with Crippen molar-refractivity contribution < 1.29 is 19.1 Å². The molecule has 0 aliphatic heterocycles. The molecule has 0 saturated heterocycles. The van der Waals surface area contributed by atoms with Crippen LogP contribution >= 0.6 is 15.9 Å². The number of ether oxygens (including phenoxy) is 2. The minimum absolute atomic E-state index is 0.126. The Bertz CT molecular complexity index is 948. The van der Waals surface area contributed by atoms with Crippen molar-refractivity contribution in [2.24, 2.45) is 0 Å². The molecule has 1 atom stereocenters. The van der Waals surface area contributed by atoms with Gasteiger partial charge in [-0.2, -0.15) is 0 Å². The third kappa shape index (κ3) is 6.73. The third-order valence-corrected chi connectivity index (χ3v) is 7.40. The Balaban J connectivity index is 1.73. The molecule has 6 nitrogen and oxygen atoms in total. The summed E-state index contributed by atoms with van der Waals surface area (Å²) in [5.41, 5.74) is 2.99. The molecule has 0 aromatic heterocycles. The lowest BCUT2D eigenvalue weighted by molar-refractivity contribution is -0.142. The maximum absolute atomic E-state index is 13.3. The summed E-state index contributed by atoms with van der Waals surface area (Å²) in [7, 11) is 1.61. The Morgan fingerprint density at radius 2 is 1.70 bits per heavy atom. The van der Waals surface area contributed by atoms with Crippen LogP contribution in [0.25, 0.3) is 0 Å². The third-order valence-electron chi connectivity index (χ3n) is 6.15. The van der Waals surface area contributed by atoms with Gasteiger partial charge in [-0.15, -0.1) is 0 Å². The summed E-state index contributed by atoms with van der Waals surface area (Å²) < 4.78 is 12.1. The van der Waals surface area contributed by atoms with E-state index in [-0.39, 0.29) is 24.5 Å². The number of rotatable bonds is 9. The van der Waals surface area contributed by atoms with Crippen molar-refractivity contribution in [2.45, 2.75) is 65.1 Å². The van der Waals surface area contributed by atoms with Gasteiger partial charge in [-0.3, -0.25) is 9.59 Å². The van der Waals surface area contributed by atoms with Crippen LogP contribution in [-0.2, 0) is 16.1 Å². The van der Waals surface area contributed by atoms with Gasteiger partial charge in [-0.05, 0) is 74.6 Å². The second-order valence-electron chi connectivity index (χ2n) is 8.70. The zero-order valence-electron chi connectivity index (χ0n) is 19.8. The van der Waals surface area contributed by atoms with Crippen LogP contribution in [0, 0.1) is 13.8 Å². The molecule has 0 radical (unpaired) electrons. The number of hydrogen-bond acceptors (Lipinski definition) is 4. The summed E-state index contributed by atoms with van der Waals surface area (Å²) in [5, 5.41) is 3.11. The minimum atomic E-state index is -0.614. The van der Waals surface area contributed by atoms with Crippen LogP contribution < -0.4 is 14.8 Å². The molecular weight excluding hydrogens is 484 g/mol. The van der Waals surface area contributed by atoms with Crippen molar-refractivity contribution in [3.63, 3.8) is 0 Å². The Kier molecular flexibility index (Phi) is 8.78. The highest BCUT2D eigenvalue weighted by molar-refractivity contribution is 9.10. The molecule has 1 saturated carbocycles. The first kappa shape index (κ1) is 25.1. The predicted molar refractivity (Wildman–Crippen MR) is 133 cm³/mol. The van der Waals surface area contributed by atoms with E-state index in [1.165, 1.54) is 0 Å². The number of halogens is 1. The van der Waals surface area contributed by atoms with E-state index in [2.05, 4.69) is 21.2 Å². The Morgan fingerprint density at radius 1 is 1.09 bits per heavy atom. The molecule has 0 heterocycles. The molecule has 178 valence electrons. The molecular formula is C26H33BrN2O4. The molecule has 33 heavy (non-hydrogen) atoms. The smallest absolute Gasteiger partial charge is 0.261 e. The SMILES string of the molecule is COc1ccc(CN(C(=O)COc2cc(C)c(Br)c(C)c2)[C@@H](C)C(=O)NC2CCCC2)cc1. The van der Waals surface area contributed by atoms with Gasteiger partial charge in [0, 0.05) is 17.1 Å². The van der Waals surface area contributed by atoms with Crippen LogP contribution in [0.1, 0.15) is 49.3 Å². The highest BCUT2D eigenvalue weighted by Crippen LogP contribution is 2.26. The zero-order chi connectivity index (χ0) is 24.0. The van der Waals surface area contributed by atoms with E-state index in [1.807, 2.05) is 50.2 Å². The van der Waals surface area contributed by atoms with E-state index < -0.39 is 6.04 Å². The molecule has 1 N–H and O–H groups in total. The largest absolute Gasteiger partial charge is 0.497 e. The molecule has 0 bridgehead atoms. The maximum Gasteiger partial charge on any atom is 0.261 e. The number of amides is 2. The van der Waals surface area contributed by atoms with Crippen LogP contribution in [0.4, 0.5) is 0 Å². The molecule has 2 aromatic carbocycles. The zero-order valence-corrected chi connectivity index (χ0v) is 21.4. The number of carbonyl (C=O) groups is 2. The molecule has 2 amide bonds. The number of benzene rings is 2. The van der Waals surface area contributed by atoms with Crippen molar-refractivity contribution >= 4 is 27.7 Å². The van der Waals surface area contributed by atoms with Gasteiger partial charge >= 0.3 is 0 Å². The topological polar surface area (TPSA) is 67.9 Å². The number of nitrogens with zero attached hydrogens (tertiary/aromatic N) is 1. The number of hydrogen-bond donors (Lipinski definition) is 1. The van der Waals surface area contributed by atoms with Gasteiger partial charge in [0.05, 0.1) is 7.11 Å². The fourth-order valence-corrected chi connectivity index (χ4v) is 4.35. The van der Waals surface area contributed by atoms with E-state index in [4.69, 9.17) is 9.47 Å². The Morgan fingerprint density at radius 3 is 2.27 bits per heavy atom. The van der Waals surface area contributed by atoms with E-state index in [9.17, 15) is 9.59 Å². The van der Waals surface area contributed by atoms with Crippen LogP contribution in [0.3, 0.4) is 0 Å². The standard InChI is InChI=1S/C26H33BrN2O4/c1-17-13-23(14-18(2)25(17)27)33-16-24(30)29(15-20-9-11-22(32-4)12-10-20)19(3)26(31)28-21-7-5-6-8-21/h9-14,19,21H,5-8,15-16H2,1-4H3,(H,28,31)/t19-/m0/s1. The highest BCUT2D eigenvalue weighted by atomic mass is 79.9. The summed E-state index contributed by atoms with van der Waals surface area (Å²) in [6, 6.07) is 10.9. The first-order chi connectivity index (χ1) is 15.8. The average molecular weight is 517 g/mol. The summed E-state index contributed by atoms with van der Waals surface area (Å²) in [6.45, 7) is 5.91. The van der Waals surface area contributed by atoms with E-state index >= 15 is 0 Å². The van der Waals surface area contributed by atoms with Crippen LogP contribution in [0.5, 0.6) is 11.5 Å². The van der Waals surface area contributed by atoms with E-state index in [0.717, 1.165) is 52.6 Å². The quantitative estimate of drug-likeness (QED) is 0.513. The Hall–Kier alpha value is -2.54. The normalized spacial score (nSPS) is 14.6. The number of methoxy groups -OCH3 is 1. The fraction of sp³-hybridized carbons (Fsp3) is 0.462. The van der Waals surface area contributed by atoms with Gasteiger partial charge in [0.1, 0.15) is 17.5 Å². The molecule has 0 unspecified atom stereocenters. The number of carbonyl (C=O) groups excluding carboxylic acids is 2. The van der Waals surface area contributed by atoms with Gasteiger partial charge in [0.25, 0.3) is 5.91 Å². The van der Waals surface area contributed by atoms with Crippen molar-refractivity contribution in [2.75, 3.05) is 13.7 Å². The lowest BCUT2D eigenvalue weighted by atomic mass is 10.1. The van der Waals surface area contributed by atoms with Crippen LogP contribution in [0.2, 0.25) is 0 Å². The minimum Gasteiger partial charge on any atom is -0.497 e. The number of nitrogens with one attached hydrogen (secondary N) is 1. The fourth-order valence-electron chi connectivity index (χ4n) is 4.12. The van der Waals surface area contributed by atoms with Gasteiger partial charge in [-0.25, -0.2) is 0 Å². The van der Waals surface area contributed by atoms with E-state index in [0.29, 0.717) is 12.3 Å². The van der Waals surface area contributed by atoms with Crippen LogP contribution in [-0.4, -0.2) is 42.5 Å². The van der Waals surface area contributed by atoms with Gasteiger partial charge in [0.2, 0.25) is 5.91 Å². The molecule has 1 fully saturated rings. The molecule has 1 aliphatic rings. The molecule has 2 aromatic rings. The Labute approximate surface area is 204 Å². The average Bonchev–Trinajstić information content (AvgIpc) is 3.32. The first-order valence-corrected chi connectivity index (χ1v) is 12.2. The first-order valence-electron chi connectivity index (χ1n) is 11.4. The second-order valence-corrected chi connectivity index (χ2v) is 9.49. The summed E-state index contributed by atoms with van der Waals surface area (Å²) in [6.07, 6.45) is 4.26. The van der Waals surface area contributed by atoms with Gasteiger partial charge in [-0.1, -0.05) is 40.9 Å². The summed E-state index contributed by atoms with van der Waals surface area (Å²) in [4.78, 5) is 27.8. The van der Waals surface area contributed by atoms with Crippen molar-refractivity contribution in [1.29, 1.82) is 0 Å². The molecule has 7 heteroatoms.